The maximum atomic E-state index is 11.2. The average molecular weight is 393 g/mol. The molecule has 3 N–H and O–H groups in total. The van der Waals surface area contributed by atoms with Crippen molar-refractivity contribution in [2.24, 2.45) is 0 Å². The fraction of sp³-hybridized carbons (Fsp3) is 0.174. The Morgan fingerprint density at radius 1 is 0.828 bits per heavy atom. The Labute approximate surface area is 169 Å². The van der Waals surface area contributed by atoms with E-state index in [0.29, 0.717) is 30.4 Å². The van der Waals surface area contributed by atoms with Gasteiger partial charge in [0.05, 0.1) is 6.61 Å². The monoisotopic (exact) mass is 393 g/mol. The summed E-state index contributed by atoms with van der Waals surface area (Å²) in [6.07, 6.45) is 0. The van der Waals surface area contributed by atoms with E-state index in [4.69, 9.17) is 14.6 Å². The van der Waals surface area contributed by atoms with Crippen LogP contribution in [0.2, 0.25) is 0 Å². The van der Waals surface area contributed by atoms with E-state index >= 15 is 0 Å². The highest BCUT2D eigenvalue weighted by atomic mass is 16.5. The molecule has 3 aromatic carbocycles. The summed E-state index contributed by atoms with van der Waals surface area (Å²) in [5.41, 5.74) is 2.54. The van der Waals surface area contributed by atoms with Crippen LogP contribution >= 0.6 is 0 Å². The molecule has 0 aliphatic carbocycles. The minimum Gasteiger partial charge on any atom is -0.485 e. The maximum Gasteiger partial charge on any atom is 0.328 e. The lowest BCUT2D eigenvalue weighted by Gasteiger charge is -2.17. The van der Waals surface area contributed by atoms with Crippen LogP contribution < -0.4 is 14.8 Å². The first-order valence-corrected chi connectivity index (χ1v) is 9.23. The van der Waals surface area contributed by atoms with Crippen molar-refractivity contribution in [3.63, 3.8) is 0 Å². The number of hydrogen-bond donors (Lipinski definition) is 3. The van der Waals surface area contributed by atoms with Crippen molar-refractivity contribution >= 4 is 11.7 Å². The molecule has 3 rings (SSSR count). The van der Waals surface area contributed by atoms with Gasteiger partial charge in [0.25, 0.3) is 0 Å². The van der Waals surface area contributed by atoms with Gasteiger partial charge in [-0.3, -0.25) is 0 Å². The molecule has 0 unspecified atom stereocenters. The Hall–Kier alpha value is -3.51. The second-order valence-corrected chi connectivity index (χ2v) is 6.43. The van der Waals surface area contributed by atoms with E-state index in [1.165, 1.54) is 0 Å². The standard InChI is InChI=1S/C23H23NO5/c25-14-20(23(26)27)24-19-11-12-21(28-15-17-7-3-1-4-8-17)22(13-19)29-16-18-9-5-2-6-10-18/h1-13,20,24-25H,14-16H2,(H,26,27)/t20-/m0/s1. The van der Waals surface area contributed by atoms with Gasteiger partial charge in [-0.1, -0.05) is 60.7 Å². The number of aliphatic hydroxyl groups excluding tert-OH is 1. The molecule has 0 saturated heterocycles. The summed E-state index contributed by atoms with van der Waals surface area (Å²) in [6, 6.07) is 23.5. The Balaban J connectivity index is 1.78. The van der Waals surface area contributed by atoms with E-state index in [1.54, 1.807) is 18.2 Å². The second-order valence-electron chi connectivity index (χ2n) is 6.43. The number of carboxylic acid groups (broad SMARTS) is 1. The van der Waals surface area contributed by atoms with Crippen LogP contribution in [0.5, 0.6) is 11.5 Å². The molecule has 0 heterocycles. The summed E-state index contributed by atoms with van der Waals surface area (Å²) in [4.78, 5) is 11.2. The lowest BCUT2D eigenvalue weighted by molar-refractivity contribution is -0.138. The van der Waals surface area contributed by atoms with E-state index in [0.717, 1.165) is 11.1 Å². The first-order valence-electron chi connectivity index (χ1n) is 9.23. The third kappa shape index (κ3) is 5.99. The summed E-state index contributed by atoms with van der Waals surface area (Å²) in [5, 5.41) is 21.2. The van der Waals surface area contributed by atoms with Gasteiger partial charge < -0.3 is 25.0 Å². The largest absolute Gasteiger partial charge is 0.485 e. The molecule has 0 aromatic heterocycles. The Morgan fingerprint density at radius 2 is 1.38 bits per heavy atom. The van der Waals surface area contributed by atoms with E-state index in [2.05, 4.69) is 5.32 Å². The first-order chi connectivity index (χ1) is 14.2. The number of ether oxygens (including phenoxy) is 2. The molecule has 0 amide bonds. The minimum absolute atomic E-state index is 0.342. The van der Waals surface area contributed by atoms with Gasteiger partial charge in [-0.2, -0.15) is 0 Å². The zero-order valence-corrected chi connectivity index (χ0v) is 15.8. The van der Waals surface area contributed by atoms with Gasteiger partial charge in [-0.25, -0.2) is 4.79 Å². The Morgan fingerprint density at radius 3 is 1.90 bits per heavy atom. The zero-order chi connectivity index (χ0) is 20.5. The zero-order valence-electron chi connectivity index (χ0n) is 15.8. The number of benzene rings is 3. The van der Waals surface area contributed by atoms with Crippen molar-refractivity contribution in [2.75, 3.05) is 11.9 Å². The molecule has 6 heteroatoms. The molecular weight excluding hydrogens is 370 g/mol. The van der Waals surface area contributed by atoms with Crippen LogP contribution in [0.25, 0.3) is 0 Å². The highest BCUT2D eigenvalue weighted by Crippen LogP contribution is 2.32. The Bertz CT molecular complexity index is 915. The van der Waals surface area contributed by atoms with E-state index in [9.17, 15) is 9.90 Å². The molecule has 150 valence electrons. The van der Waals surface area contributed by atoms with E-state index < -0.39 is 18.6 Å². The first kappa shape index (κ1) is 20.2. The summed E-state index contributed by atoms with van der Waals surface area (Å²) < 4.78 is 11.9. The summed E-state index contributed by atoms with van der Waals surface area (Å²) in [6.45, 7) is 0.194. The van der Waals surface area contributed by atoms with Gasteiger partial charge in [0, 0.05) is 11.8 Å². The molecule has 0 spiro atoms. The average Bonchev–Trinajstić information content (AvgIpc) is 2.76. The third-order valence-electron chi connectivity index (χ3n) is 4.24. The molecule has 0 radical (unpaired) electrons. The van der Waals surface area contributed by atoms with Crippen molar-refractivity contribution in [3.8, 4) is 11.5 Å². The van der Waals surface area contributed by atoms with Crippen molar-refractivity contribution in [3.05, 3.63) is 90.0 Å². The number of anilines is 1. The number of aliphatic hydroxyl groups is 1. The second kappa shape index (κ2) is 10.1. The van der Waals surface area contributed by atoms with Gasteiger partial charge in [0.1, 0.15) is 19.3 Å². The van der Waals surface area contributed by atoms with Crippen LogP contribution in [-0.2, 0) is 18.0 Å². The predicted octanol–water partition coefficient (Wildman–Crippen LogP) is 3.70. The predicted molar refractivity (Wildman–Crippen MR) is 110 cm³/mol. The van der Waals surface area contributed by atoms with Crippen LogP contribution in [-0.4, -0.2) is 28.8 Å². The van der Waals surface area contributed by atoms with Crippen molar-refractivity contribution in [1.29, 1.82) is 0 Å². The molecule has 0 saturated carbocycles. The molecule has 6 nitrogen and oxygen atoms in total. The van der Waals surface area contributed by atoms with Gasteiger partial charge in [-0.05, 0) is 23.3 Å². The van der Waals surface area contributed by atoms with Gasteiger partial charge in [0.15, 0.2) is 11.5 Å². The van der Waals surface area contributed by atoms with Gasteiger partial charge in [0.2, 0.25) is 0 Å². The van der Waals surface area contributed by atoms with Crippen molar-refractivity contribution < 1.29 is 24.5 Å². The van der Waals surface area contributed by atoms with Crippen molar-refractivity contribution in [1.82, 2.24) is 0 Å². The number of hydrogen-bond acceptors (Lipinski definition) is 5. The SMILES string of the molecule is O=C(O)[C@H](CO)Nc1ccc(OCc2ccccc2)c(OCc2ccccc2)c1. The normalized spacial score (nSPS) is 11.5. The van der Waals surface area contributed by atoms with E-state index in [-0.39, 0.29) is 0 Å². The molecule has 0 fully saturated rings. The van der Waals surface area contributed by atoms with Gasteiger partial charge in [-0.15, -0.1) is 0 Å². The maximum absolute atomic E-state index is 11.2. The molecule has 3 aromatic rings. The molecule has 29 heavy (non-hydrogen) atoms. The molecule has 0 aliphatic heterocycles. The summed E-state index contributed by atoms with van der Waals surface area (Å²) in [7, 11) is 0. The molecule has 0 aliphatic rings. The molecular formula is C23H23NO5. The lowest BCUT2D eigenvalue weighted by atomic mass is 10.2. The van der Waals surface area contributed by atoms with Crippen molar-refractivity contribution in [2.45, 2.75) is 19.3 Å². The van der Waals surface area contributed by atoms with Crippen LogP contribution in [0.1, 0.15) is 11.1 Å². The fourth-order valence-electron chi connectivity index (χ4n) is 2.69. The number of rotatable bonds is 10. The smallest absolute Gasteiger partial charge is 0.328 e. The quantitative estimate of drug-likeness (QED) is 0.487. The van der Waals surface area contributed by atoms with E-state index in [1.807, 2.05) is 60.7 Å². The highest BCUT2D eigenvalue weighted by molar-refractivity contribution is 5.77. The third-order valence-corrected chi connectivity index (χ3v) is 4.24. The summed E-state index contributed by atoms with van der Waals surface area (Å²) >= 11 is 0. The molecule has 0 bridgehead atoms. The van der Waals surface area contributed by atoms with Crippen LogP contribution in [0, 0.1) is 0 Å². The number of aliphatic carboxylic acids is 1. The van der Waals surface area contributed by atoms with Gasteiger partial charge >= 0.3 is 5.97 Å². The number of nitrogens with one attached hydrogen (secondary N) is 1. The van der Waals surface area contributed by atoms with Crippen LogP contribution in [0.3, 0.4) is 0 Å². The lowest BCUT2D eigenvalue weighted by Crippen LogP contribution is -2.32. The topological polar surface area (TPSA) is 88.0 Å². The Kier molecular flexibility index (Phi) is 7.08. The fourth-order valence-corrected chi connectivity index (χ4v) is 2.69. The minimum atomic E-state index is -1.14. The summed E-state index contributed by atoms with van der Waals surface area (Å²) in [5.74, 6) is -0.105. The number of carboxylic acids is 1. The van der Waals surface area contributed by atoms with Crippen LogP contribution in [0.15, 0.2) is 78.9 Å². The molecule has 1 atom stereocenters. The number of carbonyl (C=O) groups is 1. The highest BCUT2D eigenvalue weighted by Gasteiger charge is 2.17. The van der Waals surface area contributed by atoms with Crippen LogP contribution in [0.4, 0.5) is 5.69 Å².